The Labute approximate surface area is 110 Å². The van der Waals surface area contributed by atoms with Gasteiger partial charge < -0.3 is 5.73 Å². The van der Waals surface area contributed by atoms with Crippen LogP contribution in [0.2, 0.25) is 0 Å². The molecule has 2 aromatic rings. The van der Waals surface area contributed by atoms with Gasteiger partial charge in [-0.15, -0.1) is 11.6 Å². The molecule has 0 spiro atoms. The molecule has 2 aromatic heterocycles. The molecular formula is C12H15ClN4O. The number of nitrogens with two attached hydrogens (primary N) is 1. The number of imidazole rings is 1. The molecule has 0 aromatic carbocycles. The molecule has 0 saturated carbocycles. The lowest BCUT2D eigenvalue weighted by atomic mass is 10.0. The second-order valence-corrected chi connectivity index (χ2v) is 4.74. The summed E-state index contributed by atoms with van der Waals surface area (Å²) in [5.41, 5.74) is 6.85. The van der Waals surface area contributed by atoms with E-state index in [1.54, 1.807) is 16.8 Å². The molecule has 0 bridgehead atoms. The number of alkyl halides is 1. The number of nitrogens with zero attached hydrogens (tertiary/aromatic N) is 3. The number of pyridine rings is 1. The van der Waals surface area contributed by atoms with E-state index in [1.165, 1.54) is 0 Å². The first kappa shape index (κ1) is 12.8. The first-order chi connectivity index (χ1) is 8.56. The molecule has 18 heavy (non-hydrogen) atoms. The largest absolute Gasteiger partial charge is 0.368 e. The predicted octanol–water partition coefficient (Wildman–Crippen LogP) is 1.85. The number of amides is 1. The first-order valence-corrected chi connectivity index (χ1v) is 6.26. The molecule has 1 atom stereocenters. The molecule has 0 aliphatic rings. The van der Waals surface area contributed by atoms with Crippen molar-refractivity contribution in [1.29, 1.82) is 0 Å². The minimum absolute atomic E-state index is 0.0453. The van der Waals surface area contributed by atoms with Gasteiger partial charge in [0.2, 0.25) is 5.91 Å². The molecule has 2 rings (SSSR count). The van der Waals surface area contributed by atoms with Gasteiger partial charge in [-0.05, 0) is 18.1 Å². The summed E-state index contributed by atoms with van der Waals surface area (Å²) in [5.74, 6) is 0.473. The lowest BCUT2D eigenvalue weighted by Gasteiger charge is -2.21. The molecule has 2 heterocycles. The highest BCUT2D eigenvalue weighted by Gasteiger charge is 2.26. The average molecular weight is 267 g/mol. The van der Waals surface area contributed by atoms with Gasteiger partial charge in [-0.25, -0.2) is 9.97 Å². The Morgan fingerprint density at radius 1 is 1.56 bits per heavy atom. The number of primary amides is 1. The molecule has 1 amide bonds. The normalized spacial score (nSPS) is 13.1. The molecule has 1 unspecified atom stereocenters. The predicted molar refractivity (Wildman–Crippen MR) is 70.2 cm³/mol. The summed E-state index contributed by atoms with van der Waals surface area (Å²) in [4.78, 5) is 20.3. The van der Waals surface area contributed by atoms with Gasteiger partial charge in [-0.2, -0.15) is 0 Å². The Morgan fingerprint density at radius 2 is 2.28 bits per heavy atom. The Kier molecular flexibility index (Phi) is 3.52. The van der Waals surface area contributed by atoms with E-state index in [-0.39, 0.29) is 11.8 Å². The van der Waals surface area contributed by atoms with E-state index in [1.807, 2.05) is 19.9 Å². The topological polar surface area (TPSA) is 73.8 Å². The van der Waals surface area contributed by atoms with Crippen molar-refractivity contribution in [3.05, 3.63) is 24.2 Å². The fourth-order valence-electron chi connectivity index (χ4n) is 2.12. The van der Waals surface area contributed by atoms with Crippen LogP contribution in [0, 0.1) is 5.92 Å². The van der Waals surface area contributed by atoms with Gasteiger partial charge >= 0.3 is 0 Å². The van der Waals surface area contributed by atoms with Crippen molar-refractivity contribution in [2.45, 2.75) is 25.8 Å². The van der Waals surface area contributed by atoms with Gasteiger partial charge in [-0.3, -0.25) is 9.36 Å². The zero-order valence-electron chi connectivity index (χ0n) is 10.3. The van der Waals surface area contributed by atoms with E-state index in [0.29, 0.717) is 11.5 Å². The SMILES string of the molecule is CC(C)C(C(N)=O)n1c(CCl)nc2cccnc21. The second kappa shape index (κ2) is 4.94. The summed E-state index contributed by atoms with van der Waals surface area (Å²) in [7, 11) is 0. The Balaban J connectivity index is 2.70. The number of fused-ring (bicyclic) bond motifs is 1. The van der Waals surface area contributed by atoms with Crippen LogP contribution in [-0.4, -0.2) is 20.4 Å². The highest BCUT2D eigenvalue weighted by atomic mass is 35.5. The molecule has 6 heteroatoms. The smallest absolute Gasteiger partial charge is 0.240 e. The van der Waals surface area contributed by atoms with Crippen LogP contribution in [0.3, 0.4) is 0 Å². The van der Waals surface area contributed by atoms with Crippen molar-refractivity contribution < 1.29 is 4.79 Å². The molecule has 0 saturated heterocycles. The van der Waals surface area contributed by atoms with Gasteiger partial charge in [0.15, 0.2) is 5.65 Å². The van der Waals surface area contributed by atoms with Crippen molar-refractivity contribution in [3.63, 3.8) is 0 Å². The fraction of sp³-hybridized carbons (Fsp3) is 0.417. The van der Waals surface area contributed by atoms with Gasteiger partial charge in [0, 0.05) is 6.20 Å². The third kappa shape index (κ3) is 2.06. The third-order valence-electron chi connectivity index (χ3n) is 2.84. The molecule has 5 nitrogen and oxygen atoms in total. The molecule has 96 valence electrons. The maximum Gasteiger partial charge on any atom is 0.240 e. The van der Waals surface area contributed by atoms with E-state index in [9.17, 15) is 4.79 Å². The van der Waals surface area contributed by atoms with Gasteiger partial charge in [0.05, 0.1) is 5.88 Å². The van der Waals surface area contributed by atoms with Crippen molar-refractivity contribution in [2.75, 3.05) is 0 Å². The second-order valence-electron chi connectivity index (χ2n) is 4.47. The van der Waals surface area contributed by atoms with E-state index >= 15 is 0 Å². The van der Waals surface area contributed by atoms with Gasteiger partial charge in [-0.1, -0.05) is 13.8 Å². The lowest BCUT2D eigenvalue weighted by Crippen LogP contribution is -2.31. The maximum absolute atomic E-state index is 11.7. The van der Waals surface area contributed by atoms with Crippen LogP contribution in [-0.2, 0) is 10.7 Å². The van der Waals surface area contributed by atoms with Crippen LogP contribution in [0.15, 0.2) is 18.3 Å². The molecular weight excluding hydrogens is 252 g/mol. The number of rotatable bonds is 4. The monoisotopic (exact) mass is 266 g/mol. The highest BCUT2D eigenvalue weighted by Crippen LogP contribution is 2.25. The Morgan fingerprint density at radius 3 is 2.83 bits per heavy atom. The summed E-state index contributed by atoms with van der Waals surface area (Å²) in [6.45, 7) is 3.87. The minimum Gasteiger partial charge on any atom is -0.368 e. The van der Waals surface area contributed by atoms with Crippen molar-refractivity contribution in [2.24, 2.45) is 11.7 Å². The van der Waals surface area contributed by atoms with E-state index in [2.05, 4.69) is 9.97 Å². The third-order valence-corrected chi connectivity index (χ3v) is 3.08. The highest BCUT2D eigenvalue weighted by molar-refractivity contribution is 6.16. The van der Waals surface area contributed by atoms with Crippen LogP contribution < -0.4 is 5.73 Å². The van der Waals surface area contributed by atoms with E-state index < -0.39 is 11.9 Å². The van der Waals surface area contributed by atoms with Crippen LogP contribution in [0.1, 0.15) is 25.7 Å². The number of hydrogen-bond acceptors (Lipinski definition) is 3. The molecule has 0 aliphatic heterocycles. The Hall–Kier alpha value is -1.62. The number of halogens is 1. The summed E-state index contributed by atoms with van der Waals surface area (Å²) < 4.78 is 1.75. The number of aromatic nitrogens is 3. The summed E-state index contributed by atoms with van der Waals surface area (Å²) >= 11 is 5.89. The number of carbonyl (C=O) groups excluding carboxylic acids is 1. The van der Waals surface area contributed by atoms with Crippen molar-refractivity contribution in [1.82, 2.24) is 14.5 Å². The first-order valence-electron chi connectivity index (χ1n) is 5.73. The number of hydrogen-bond donors (Lipinski definition) is 1. The van der Waals surface area contributed by atoms with E-state index in [4.69, 9.17) is 17.3 Å². The zero-order chi connectivity index (χ0) is 13.3. The van der Waals surface area contributed by atoms with Crippen LogP contribution in [0.5, 0.6) is 0 Å². The summed E-state index contributed by atoms with van der Waals surface area (Å²) in [6, 6.07) is 3.15. The molecule has 0 fully saturated rings. The standard InChI is InChI=1S/C12H15ClN4O/c1-7(2)10(11(14)18)17-9(6-13)16-8-4-3-5-15-12(8)17/h3-5,7,10H,6H2,1-2H3,(H2,14,18). The summed E-state index contributed by atoms with van der Waals surface area (Å²) in [6.07, 6.45) is 1.66. The average Bonchev–Trinajstić information content (AvgIpc) is 2.67. The summed E-state index contributed by atoms with van der Waals surface area (Å²) in [5, 5.41) is 0. The van der Waals surface area contributed by atoms with Gasteiger partial charge in [0.25, 0.3) is 0 Å². The number of carbonyl (C=O) groups is 1. The minimum atomic E-state index is -0.487. The fourth-order valence-corrected chi connectivity index (χ4v) is 2.31. The van der Waals surface area contributed by atoms with Crippen LogP contribution >= 0.6 is 11.6 Å². The van der Waals surface area contributed by atoms with Gasteiger partial charge in [0.1, 0.15) is 17.4 Å². The lowest BCUT2D eigenvalue weighted by molar-refractivity contribution is -0.122. The zero-order valence-corrected chi connectivity index (χ0v) is 11.1. The van der Waals surface area contributed by atoms with Crippen molar-refractivity contribution in [3.8, 4) is 0 Å². The Bertz CT molecular complexity index is 578. The quantitative estimate of drug-likeness (QED) is 0.859. The van der Waals surface area contributed by atoms with Crippen molar-refractivity contribution >= 4 is 28.7 Å². The molecule has 2 N–H and O–H groups in total. The maximum atomic E-state index is 11.7. The van der Waals surface area contributed by atoms with Crippen LogP contribution in [0.4, 0.5) is 0 Å². The van der Waals surface area contributed by atoms with E-state index in [0.717, 1.165) is 5.52 Å². The van der Waals surface area contributed by atoms with Crippen LogP contribution in [0.25, 0.3) is 11.2 Å². The molecule has 0 radical (unpaired) electrons. The molecule has 0 aliphatic carbocycles.